The Morgan fingerprint density at radius 2 is 2.09 bits per heavy atom. The van der Waals surface area contributed by atoms with Crippen molar-refractivity contribution >= 4 is 33.3 Å². The number of aromatic nitrogens is 2. The van der Waals surface area contributed by atoms with Gasteiger partial charge in [-0.2, -0.15) is 0 Å². The molecule has 0 aliphatic rings. The van der Waals surface area contributed by atoms with Crippen molar-refractivity contribution < 1.29 is 9.13 Å². The summed E-state index contributed by atoms with van der Waals surface area (Å²) in [5.74, 6) is 1.17. The molecule has 0 fully saturated rings. The Kier molecular flexibility index (Phi) is 4.97. The van der Waals surface area contributed by atoms with Gasteiger partial charge in [0.1, 0.15) is 16.4 Å². The molecule has 120 valence electrons. The zero-order chi connectivity index (χ0) is 16.2. The van der Waals surface area contributed by atoms with Crippen molar-refractivity contribution in [2.24, 2.45) is 7.05 Å². The Hall–Kier alpha value is -1.86. The van der Waals surface area contributed by atoms with Crippen molar-refractivity contribution in [3.8, 4) is 5.75 Å². The highest BCUT2D eigenvalue weighted by Gasteiger charge is 2.09. The molecule has 0 spiro atoms. The van der Waals surface area contributed by atoms with Crippen LogP contribution in [0.2, 0.25) is 0 Å². The fraction of sp³-hybridized carbons (Fsp3) is 0.250. The highest BCUT2D eigenvalue weighted by atomic mass is 32.2. The number of halogens is 1. The van der Waals surface area contributed by atoms with Gasteiger partial charge in [-0.05, 0) is 42.1 Å². The minimum atomic E-state index is -0.274. The number of fused-ring (bicyclic) bond motifs is 1. The zero-order valence-corrected chi connectivity index (χ0v) is 14.1. The van der Waals surface area contributed by atoms with Crippen molar-refractivity contribution in [3.05, 3.63) is 51.9 Å². The normalized spacial score (nSPS) is 11.0. The van der Waals surface area contributed by atoms with Crippen LogP contribution in [0.5, 0.6) is 5.75 Å². The van der Waals surface area contributed by atoms with Crippen LogP contribution in [0, 0.1) is 5.82 Å². The van der Waals surface area contributed by atoms with Crippen LogP contribution < -0.4 is 10.3 Å². The molecule has 2 heterocycles. The lowest BCUT2D eigenvalue weighted by molar-refractivity contribution is 0.318. The van der Waals surface area contributed by atoms with E-state index in [1.165, 1.54) is 35.2 Å². The number of hydrogen-bond donors (Lipinski definition) is 0. The van der Waals surface area contributed by atoms with Crippen molar-refractivity contribution in [2.45, 2.75) is 11.6 Å². The fourth-order valence-corrected chi connectivity index (χ4v) is 3.74. The highest BCUT2D eigenvalue weighted by molar-refractivity contribution is 7.99. The number of thioether (sulfide) groups is 1. The van der Waals surface area contributed by atoms with Gasteiger partial charge in [-0.15, -0.1) is 11.3 Å². The minimum absolute atomic E-state index is 0.0127. The van der Waals surface area contributed by atoms with E-state index in [4.69, 9.17) is 4.74 Å². The van der Waals surface area contributed by atoms with Crippen molar-refractivity contribution in [3.63, 3.8) is 0 Å². The summed E-state index contributed by atoms with van der Waals surface area (Å²) in [6, 6.07) is 7.78. The van der Waals surface area contributed by atoms with Gasteiger partial charge < -0.3 is 4.74 Å². The maximum atomic E-state index is 12.8. The molecular weight excluding hydrogens is 335 g/mol. The van der Waals surface area contributed by atoms with Gasteiger partial charge in [0.15, 0.2) is 5.16 Å². The molecule has 0 unspecified atom stereocenters. The van der Waals surface area contributed by atoms with E-state index in [0.717, 1.165) is 17.0 Å². The Labute approximate surface area is 140 Å². The molecule has 0 bridgehead atoms. The lowest BCUT2D eigenvalue weighted by Crippen LogP contribution is -2.19. The molecule has 23 heavy (non-hydrogen) atoms. The molecule has 2 aromatic heterocycles. The Morgan fingerprint density at radius 3 is 2.87 bits per heavy atom. The predicted molar refractivity (Wildman–Crippen MR) is 92.1 cm³/mol. The molecule has 0 saturated carbocycles. The predicted octanol–water partition coefficient (Wildman–Crippen LogP) is 3.70. The van der Waals surface area contributed by atoms with Gasteiger partial charge in [-0.25, -0.2) is 9.37 Å². The van der Waals surface area contributed by atoms with Crippen LogP contribution in [0.25, 0.3) is 10.2 Å². The van der Waals surface area contributed by atoms with E-state index in [-0.39, 0.29) is 11.4 Å². The number of thiophene rings is 1. The summed E-state index contributed by atoms with van der Waals surface area (Å²) in [6.07, 6.45) is 0.806. The molecule has 0 atom stereocenters. The number of hydrogen-bond acceptors (Lipinski definition) is 5. The van der Waals surface area contributed by atoms with Gasteiger partial charge in [-0.3, -0.25) is 9.36 Å². The third-order valence-electron chi connectivity index (χ3n) is 3.27. The van der Waals surface area contributed by atoms with Crippen LogP contribution in [0.1, 0.15) is 6.42 Å². The maximum Gasteiger partial charge on any atom is 0.262 e. The van der Waals surface area contributed by atoms with E-state index < -0.39 is 0 Å². The first-order valence-corrected chi connectivity index (χ1v) is 8.97. The molecule has 0 aliphatic heterocycles. The molecule has 0 N–H and O–H groups in total. The van der Waals surface area contributed by atoms with Gasteiger partial charge in [-0.1, -0.05) is 11.8 Å². The topological polar surface area (TPSA) is 44.1 Å². The molecule has 0 aliphatic carbocycles. The largest absolute Gasteiger partial charge is 0.494 e. The highest BCUT2D eigenvalue weighted by Crippen LogP contribution is 2.21. The third kappa shape index (κ3) is 3.73. The first-order valence-electron chi connectivity index (χ1n) is 7.10. The Balaban J connectivity index is 1.53. The lowest BCUT2D eigenvalue weighted by atomic mass is 10.3. The molecule has 0 amide bonds. The number of rotatable bonds is 6. The van der Waals surface area contributed by atoms with Crippen molar-refractivity contribution in [2.75, 3.05) is 12.4 Å². The van der Waals surface area contributed by atoms with Crippen LogP contribution >= 0.6 is 23.1 Å². The minimum Gasteiger partial charge on any atom is -0.494 e. The first-order chi connectivity index (χ1) is 11.1. The average Bonchev–Trinajstić information content (AvgIpc) is 3.02. The van der Waals surface area contributed by atoms with Crippen LogP contribution in [0.15, 0.2) is 45.7 Å². The molecular formula is C16H15FN2O2S2. The summed E-state index contributed by atoms with van der Waals surface area (Å²) in [6.45, 7) is 0.536. The number of benzene rings is 1. The van der Waals surface area contributed by atoms with E-state index in [9.17, 15) is 9.18 Å². The first kappa shape index (κ1) is 16.0. The summed E-state index contributed by atoms with van der Waals surface area (Å²) < 4.78 is 19.9. The van der Waals surface area contributed by atoms with Crippen LogP contribution in [-0.2, 0) is 7.05 Å². The smallest absolute Gasteiger partial charge is 0.262 e. The van der Waals surface area contributed by atoms with Gasteiger partial charge in [0.25, 0.3) is 5.56 Å². The van der Waals surface area contributed by atoms with E-state index in [1.54, 1.807) is 29.8 Å². The zero-order valence-electron chi connectivity index (χ0n) is 12.5. The van der Waals surface area contributed by atoms with Crippen LogP contribution in [-0.4, -0.2) is 21.9 Å². The van der Waals surface area contributed by atoms with Gasteiger partial charge in [0, 0.05) is 12.8 Å². The van der Waals surface area contributed by atoms with Crippen molar-refractivity contribution in [1.82, 2.24) is 9.55 Å². The summed E-state index contributed by atoms with van der Waals surface area (Å²) in [5, 5.41) is 3.26. The number of ether oxygens (including phenoxy) is 1. The molecule has 3 aromatic rings. The van der Waals surface area contributed by atoms with E-state index in [0.29, 0.717) is 22.9 Å². The fourth-order valence-electron chi connectivity index (χ4n) is 2.05. The van der Waals surface area contributed by atoms with Gasteiger partial charge in [0.2, 0.25) is 0 Å². The second-order valence-electron chi connectivity index (χ2n) is 4.90. The average molecular weight is 350 g/mol. The van der Waals surface area contributed by atoms with Crippen LogP contribution in [0.4, 0.5) is 4.39 Å². The molecule has 4 nitrogen and oxygen atoms in total. The second kappa shape index (κ2) is 7.14. The molecule has 3 rings (SSSR count). The Bertz CT molecular complexity index is 859. The summed E-state index contributed by atoms with van der Waals surface area (Å²) in [7, 11) is 1.74. The summed E-state index contributed by atoms with van der Waals surface area (Å²) in [5.41, 5.74) is -0.0127. The quantitative estimate of drug-likeness (QED) is 0.386. The molecule has 0 saturated heterocycles. The second-order valence-corrected chi connectivity index (χ2v) is 6.86. The molecule has 7 heteroatoms. The summed E-state index contributed by atoms with van der Waals surface area (Å²) >= 11 is 3.01. The third-order valence-corrected chi connectivity index (χ3v) is 5.19. The maximum absolute atomic E-state index is 12.8. The van der Waals surface area contributed by atoms with E-state index >= 15 is 0 Å². The SMILES string of the molecule is Cn1c(SCCCOc2ccc(F)cc2)nc2sccc2c1=O. The van der Waals surface area contributed by atoms with Gasteiger partial charge >= 0.3 is 0 Å². The lowest BCUT2D eigenvalue weighted by Gasteiger charge is -2.08. The number of nitrogens with zero attached hydrogens (tertiary/aromatic N) is 2. The monoisotopic (exact) mass is 350 g/mol. The van der Waals surface area contributed by atoms with Crippen LogP contribution in [0.3, 0.4) is 0 Å². The molecule has 0 radical (unpaired) electrons. The Morgan fingerprint density at radius 1 is 1.30 bits per heavy atom. The van der Waals surface area contributed by atoms with Gasteiger partial charge in [0.05, 0.1) is 12.0 Å². The standard InChI is InChI=1S/C16H15FN2O2S2/c1-19-15(20)13-7-10-22-14(13)18-16(19)23-9-2-8-21-12-5-3-11(17)4-6-12/h3-7,10H,2,8-9H2,1H3. The molecule has 1 aromatic carbocycles. The summed E-state index contributed by atoms with van der Waals surface area (Å²) in [4.78, 5) is 17.5. The van der Waals surface area contributed by atoms with Crippen molar-refractivity contribution in [1.29, 1.82) is 0 Å². The van der Waals surface area contributed by atoms with E-state index in [1.807, 2.05) is 5.38 Å². The van der Waals surface area contributed by atoms with E-state index in [2.05, 4.69) is 4.98 Å².